The number of nitro benzene ring substituents is 1. The molecule has 0 radical (unpaired) electrons. The fourth-order valence-electron chi connectivity index (χ4n) is 2.44. The maximum Gasteiger partial charge on any atom is 0.312 e. The molecule has 0 aliphatic heterocycles. The van der Waals surface area contributed by atoms with Gasteiger partial charge < -0.3 is 10.5 Å². The van der Waals surface area contributed by atoms with Crippen LogP contribution in [0.3, 0.4) is 0 Å². The molecular weight excluding hydrogens is 378 g/mol. The minimum Gasteiger partial charge on any atom is -0.450 e. The monoisotopic (exact) mass is 397 g/mol. The van der Waals surface area contributed by atoms with Crippen molar-refractivity contribution < 1.29 is 14.5 Å². The van der Waals surface area contributed by atoms with Gasteiger partial charge >= 0.3 is 5.69 Å². The maximum absolute atomic E-state index is 11.3. The smallest absolute Gasteiger partial charge is 0.312 e. The van der Waals surface area contributed by atoms with E-state index in [1.165, 1.54) is 12.1 Å². The van der Waals surface area contributed by atoms with Gasteiger partial charge in [0.05, 0.1) is 10.6 Å². The lowest BCUT2D eigenvalue weighted by atomic mass is 9.93. The average Bonchev–Trinajstić information content (AvgIpc) is 3.13. The molecule has 0 aliphatic carbocycles. The number of carbonyl (C=O) groups is 1. The number of aromatic nitrogens is 1. The summed E-state index contributed by atoms with van der Waals surface area (Å²) < 4.78 is 5.65. The normalized spacial score (nSPS) is 11.2. The van der Waals surface area contributed by atoms with Gasteiger partial charge in [0.2, 0.25) is 11.7 Å². The molecule has 2 N–H and O–H groups in total. The van der Waals surface area contributed by atoms with Crippen LogP contribution in [0.25, 0.3) is 10.6 Å². The molecule has 0 bridgehead atoms. The first-order valence-electron chi connectivity index (χ1n) is 8.47. The molecule has 1 heterocycles. The summed E-state index contributed by atoms with van der Waals surface area (Å²) >= 11 is 1.56. The second kappa shape index (κ2) is 7.40. The minimum absolute atomic E-state index is 0.0200. The zero-order valence-corrected chi connectivity index (χ0v) is 16.4. The molecule has 3 aromatic rings. The molecule has 0 saturated heterocycles. The second-order valence-electron chi connectivity index (χ2n) is 7.22. The van der Waals surface area contributed by atoms with E-state index < -0.39 is 10.8 Å². The Bertz CT molecular complexity index is 1040. The van der Waals surface area contributed by atoms with Crippen molar-refractivity contribution in [1.29, 1.82) is 0 Å². The number of hydrogen-bond acceptors (Lipinski definition) is 6. The SMILES string of the molecule is CC(C)(C)c1csc(-c2ccc(Oc3ccc(C(N)=O)cc3[N+](=O)[O-])cc2)n1. The summed E-state index contributed by atoms with van der Waals surface area (Å²) in [6.45, 7) is 6.33. The highest BCUT2D eigenvalue weighted by Crippen LogP contribution is 2.34. The fraction of sp³-hybridized carbons (Fsp3) is 0.200. The van der Waals surface area contributed by atoms with Crippen LogP contribution < -0.4 is 10.5 Å². The van der Waals surface area contributed by atoms with Gasteiger partial charge in [-0.15, -0.1) is 11.3 Å². The molecule has 0 fully saturated rings. The quantitative estimate of drug-likeness (QED) is 0.486. The summed E-state index contributed by atoms with van der Waals surface area (Å²) in [5.74, 6) is -0.268. The third-order valence-corrected chi connectivity index (χ3v) is 4.93. The highest BCUT2D eigenvalue weighted by Gasteiger charge is 2.20. The van der Waals surface area contributed by atoms with Gasteiger partial charge in [-0.05, 0) is 36.4 Å². The summed E-state index contributed by atoms with van der Waals surface area (Å²) in [4.78, 5) is 26.6. The zero-order valence-electron chi connectivity index (χ0n) is 15.6. The first-order valence-corrected chi connectivity index (χ1v) is 9.35. The van der Waals surface area contributed by atoms with Gasteiger partial charge in [0, 0.05) is 28.0 Å². The first-order chi connectivity index (χ1) is 13.1. The van der Waals surface area contributed by atoms with Crippen LogP contribution in [0.15, 0.2) is 47.8 Å². The van der Waals surface area contributed by atoms with E-state index >= 15 is 0 Å². The van der Waals surface area contributed by atoms with Crippen LogP contribution in [0.1, 0.15) is 36.8 Å². The van der Waals surface area contributed by atoms with Crippen molar-refractivity contribution in [2.75, 3.05) is 0 Å². The molecule has 28 heavy (non-hydrogen) atoms. The van der Waals surface area contributed by atoms with E-state index in [0.717, 1.165) is 22.3 Å². The van der Waals surface area contributed by atoms with Crippen LogP contribution in [0.2, 0.25) is 0 Å². The van der Waals surface area contributed by atoms with Gasteiger partial charge in [-0.2, -0.15) is 0 Å². The lowest BCUT2D eigenvalue weighted by Gasteiger charge is -2.14. The number of carbonyl (C=O) groups excluding carboxylic acids is 1. The van der Waals surface area contributed by atoms with Crippen LogP contribution in [-0.2, 0) is 5.41 Å². The lowest BCUT2D eigenvalue weighted by Crippen LogP contribution is -2.11. The molecule has 0 unspecified atom stereocenters. The van der Waals surface area contributed by atoms with Crippen LogP contribution in [0, 0.1) is 10.1 Å². The minimum atomic E-state index is -0.739. The molecule has 8 heteroatoms. The Morgan fingerprint density at radius 2 is 1.86 bits per heavy atom. The highest BCUT2D eigenvalue weighted by atomic mass is 32.1. The molecule has 7 nitrogen and oxygen atoms in total. The van der Waals surface area contributed by atoms with E-state index in [-0.39, 0.29) is 22.4 Å². The number of hydrogen-bond donors (Lipinski definition) is 1. The van der Waals surface area contributed by atoms with E-state index in [2.05, 4.69) is 25.8 Å². The number of benzene rings is 2. The van der Waals surface area contributed by atoms with Gasteiger partial charge in [0.25, 0.3) is 0 Å². The summed E-state index contributed by atoms with van der Waals surface area (Å²) in [7, 11) is 0. The molecule has 3 rings (SSSR count). The number of nitro groups is 1. The Labute approximate surface area is 165 Å². The predicted molar refractivity (Wildman–Crippen MR) is 108 cm³/mol. The Morgan fingerprint density at radius 1 is 1.18 bits per heavy atom. The molecule has 2 aromatic carbocycles. The average molecular weight is 397 g/mol. The molecule has 0 atom stereocenters. The van der Waals surface area contributed by atoms with E-state index in [0.29, 0.717) is 5.75 Å². The highest BCUT2D eigenvalue weighted by molar-refractivity contribution is 7.13. The van der Waals surface area contributed by atoms with Crippen molar-refractivity contribution in [2.45, 2.75) is 26.2 Å². The summed E-state index contributed by atoms with van der Waals surface area (Å²) in [6, 6.07) is 11.0. The number of nitrogens with two attached hydrogens (primary N) is 1. The third kappa shape index (κ3) is 4.17. The van der Waals surface area contributed by atoms with E-state index in [9.17, 15) is 14.9 Å². The third-order valence-electron chi connectivity index (χ3n) is 4.04. The molecule has 144 valence electrons. The Hall–Kier alpha value is -3.26. The Balaban J connectivity index is 1.84. The van der Waals surface area contributed by atoms with Crippen LogP contribution in [0.4, 0.5) is 5.69 Å². The number of primary amides is 1. The van der Waals surface area contributed by atoms with Crippen molar-refractivity contribution in [3.63, 3.8) is 0 Å². The summed E-state index contributed by atoms with van der Waals surface area (Å²) in [5.41, 5.74) is 6.85. The van der Waals surface area contributed by atoms with Crippen molar-refractivity contribution in [2.24, 2.45) is 5.73 Å². The van der Waals surface area contributed by atoms with Crippen LogP contribution in [-0.4, -0.2) is 15.8 Å². The van der Waals surface area contributed by atoms with Crippen molar-refractivity contribution in [1.82, 2.24) is 4.98 Å². The van der Waals surface area contributed by atoms with E-state index in [1.54, 1.807) is 23.5 Å². The van der Waals surface area contributed by atoms with Gasteiger partial charge in [0.1, 0.15) is 10.8 Å². The van der Waals surface area contributed by atoms with Gasteiger partial charge in [-0.25, -0.2) is 4.98 Å². The van der Waals surface area contributed by atoms with Crippen molar-refractivity contribution in [3.05, 3.63) is 69.2 Å². The topological polar surface area (TPSA) is 108 Å². The van der Waals surface area contributed by atoms with Crippen molar-refractivity contribution >= 4 is 22.9 Å². The van der Waals surface area contributed by atoms with E-state index in [4.69, 9.17) is 10.5 Å². The van der Waals surface area contributed by atoms with Gasteiger partial charge in [0.15, 0.2) is 0 Å². The molecule has 0 aliphatic rings. The Morgan fingerprint density at radius 3 is 2.39 bits per heavy atom. The number of amides is 1. The van der Waals surface area contributed by atoms with Crippen LogP contribution in [0.5, 0.6) is 11.5 Å². The lowest BCUT2D eigenvalue weighted by molar-refractivity contribution is -0.385. The number of nitrogens with zero attached hydrogens (tertiary/aromatic N) is 2. The number of rotatable bonds is 5. The zero-order chi connectivity index (χ0) is 20.5. The first kappa shape index (κ1) is 19.5. The molecule has 0 spiro atoms. The molecule has 1 aromatic heterocycles. The van der Waals surface area contributed by atoms with Crippen molar-refractivity contribution in [3.8, 4) is 22.1 Å². The maximum atomic E-state index is 11.3. The standard InChI is InChI=1S/C20H19N3O4S/c1-20(2,3)17-11-28-19(22-17)12-4-7-14(8-5-12)27-16-9-6-13(18(21)24)10-15(16)23(25)26/h4-11H,1-3H3,(H2,21,24). The van der Waals surface area contributed by atoms with E-state index in [1.807, 2.05) is 17.5 Å². The predicted octanol–water partition coefficient (Wildman–Crippen LogP) is 4.91. The summed E-state index contributed by atoms with van der Waals surface area (Å²) in [6.07, 6.45) is 0. The second-order valence-corrected chi connectivity index (χ2v) is 8.08. The molecular formula is C20H19N3O4S. The largest absolute Gasteiger partial charge is 0.450 e. The van der Waals surface area contributed by atoms with Gasteiger partial charge in [-0.3, -0.25) is 14.9 Å². The number of thiazole rings is 1. The Kier molecular flexibility index (Phi) is 5.15. The fourth-order valence-corrected chi connectivity index (χ4v) is 3.50. The number of ether oxygens (including phenoxy) is 1. The summed E-state index contributed by atoms with van der Waals surface area (Å²) in [5, 5.41) is 14.2. The van der Waals surface area contributed by atoms with Gasteiger partial charge in [-0.1, -0.05) is 20.8 Å². The molecule has 1 amide bonds. The van der Waals surface area contributed by atoms with Crippen LogP contribution >= 0.6 is 11.3 Å². The molecule has 0 saturated carbocycles.